The second-order valence-corrected chi connectivity index (χ2v) is 3.93. The number of halogens is 3. The van der Waals surface area contributed by atoms with E-state index in [9.17, 15) is 12.8 Å². The highest BCUT2D eigenvalue weighted by Crippen LogP contribution is 2.25. The summed E-state index contributed by atoms with van der Waals surface area (Å²) < 4.78 is 29.2. The van der Waals surface area contributed by atoms with Gasteiger partial charge in [0.15, 0.2) is 0 Å². The van der Waals surface area contributed by atoms with Crippen LogP contribution in [0.25, 0.3) is 0 Å². The van der Waals surface area contributed by atoms with Crippen molar-refractivity contribution >= 4 is 33.9 Å². The van der Waals surface area contributed by atoms with Gasteiger partial charge in [0.1, 0.15) is 10.7 Å². The van der Waals surface area contributed by atoms with Crippen molar-refractivity contribution in [1.29, 1.82) is 0 Å². The maximum atomic E-state index is 12.0. The number of rotatable bonds is 3. The lowest BCUT2D eigenvalue weighted by Crippen LogP contribution is -2.06. The first-order chi connectivity index (χ1) is 3.92. The first-order valence-corrected chi connectivity index (χ1v) is 4.22. The van der Waals surface area contributed by atoms with Gasteiger partial charge in [-0.25, -0.2) is 12.8 Å². The Kier molecular flexibility index (Phi) is 3.77. The zero-order valence-corrected chi connectivity index (χ0v) is 6.72. The lowest BCUT2D eigenvalue weighted by Gasteiger charge is -2.03. The molecule has 0 aromatic rings. The van der Waals surface area contributed by atoms with Gasteiger partial charge in [0.05, 0.1) is 5.75 Å². The minimum atomic E-state index is -2.57. The van der Waals surface area contributed by atoms with E-state index >= 15 is 0 Å². The maximum absolute atomic E-state index is 12.0. The molecular weight excluding hydrogens is 190 g/mol. The lowest BCUT2D eigenvalue weighted by molar-refractivity contribution is 0.383. The number of thiol groups is 1. The van der Waals surface area contributed by atoms with Crippen LogP contribution in [-0.2, 0) is 10.7 Å². The summed E-state index contributed by atoms with van der Waals surface area (Å²) in [5.41, 5.74) is 0. The van der Waals surface area contributed by atoms with E-state index in [-0.39, 0.29) is 12.2 Å². The predicted molar refractivity (Wildman–Crippen MR) is 35.3 cm³/mol. The van der Waals surface area contributed by atoms with Crippen molar-refractivity contribution in [2.45, 2.75) is 11.0 Å². The molecule has 0 amide bonds. The molecule has 0 aliphatic rings. The fourth-order valence-corrected chi connectivity index (χ4v) is 1.16. The van der Waals surface area contributed by atoms with Crippen LogP contribution in [0.4, 0.5) is 4.39 Å². The van der Waals surface area contributed by atoms with Crippen molar-refractivity contribution in [3.8, 4) is 0 Å². The molecule has 0 aromatic carbocycles. The van der Waals surface area contributed by atoms with E-state index in [1.807, 2.05) is 0 Å². The minimum absolute atomic E-state index is 0.321. The number of alkyl halides is 3. The van der Waals surface area contributed by atoms with Gasteiger partial charge in [0, 0.05) is 6.42 Å². The summed E-state index contributed by atoms with van der Waals surface area (Å²) in [4.78, 5) is 0. The van der Waals surface area contributed by atoms with Crippen LogP contribution in [0.5, 0.6) is 0 Å². The Hall–Kier alpha value is 0.460. The van der Waals surface area contributed by atoms with Crippen molar-refractivity contribution in [3.63, 3.8) is 0 Å². The topological polar surface area (TPSA) is 34.1 Å². The van der Waals surface area contributed by atoms with Gasteiger partial charge in [0.25, 0.3) is 4.59 Å². The van der Waals surface area contributed by atoms with Crippen molar-refractivity contribution in [2.24, 2.45) is 0 Å². The number of hydrogen-bond donors (Lipinski definition) is 1. The van der Waals surface area contributed by atoms with Crippen LogP contribution in [0.2, 0.25) is 0 Å². The van der Waals surface area contributed by atoms with Gasteiger partial charge < -0.3 is 0 Å². The normalized spacial score (nSPS) is 12.4. The molecule has 2 nitrogen and oxygen atoms in total. The SMILES string of the molecule is O=[SH](=O)CCC(F)(Cl)Cl. The van der Waals surface area contributed by atoms with Gasteiger partial charge in [-0.05, 0) is 0 Å². The lowest BCUT2D eigenvalue weighted by atomic mass is 10.5. The Morgan fingerprint density at radius 3 is 2.00 bits per heavy atom. The molecule has 0 N–H and O–H groups in total. The van der Waals surface area contributed by atoms with E-state index in [2.05, 4.69) is 0 Å². The van der Waals surface area contributed by atoms with Gasteiger partial charge in [0.2, 0.25) is 0 Å². The highest BCUT2D eigenvalue weighted by Gasteiger charge is 2.21. The van der Waals surface area contributed by atoms with Crippen LogP contribution >= 0.6 is 23.2 Å². The molecule has 0 bridgehead atoms. The molecule has 0 unspecified atom stereocenters. The zero-order chi connectivity index (χ0) is 7.49. The smallest absolute Gasteiger partial charge is 0.232 e. The van der Waals surface area contributed by atoms with Gasteiger partial charge in [-0.1, -0.05) is 23.2 Å². The second-order valence-electron chi connectivity index (χ2n) is 1.42. The molecule has 0 heterocycles. The molecule has 56 valence electrons. The standard InChI is InChI=1S/C3H5Cl2FO2S/c4-3(5,6)1-2-9(7)8/h9H,1-2H2. The average molecular weight is 195 g/mol. The molecule has 0 fully saturated rings. The Morgan fingerprint density at radius 1 is 1.44 bits per heavy atom. The summed E-state index contributed by atoms with van der Waals surface area (Å²) >= 11 is 9.62. The summed E-state index contributed by atoms with van der Waals surface area (Å²) in [5.74, 6) is -0.321. The van der Waals surface area contributed by atoms with Gasteiger partial charge in [-0.2, -0.15) is 0 Å². The van der Waals surface area contributed by atoms with Crippen LogP contribution < -0.4 is 0 Å². The van der Waals surface area contributed by atoms with Crippen molar-refractivity contribution < 1.29 is 12.8 Å². The summed E-state index contributed by atoms with van der Waals surface area (Å²) in [6, 6.07) is 0. The molecule has 0 radical (unpaired) electrons. The minimum Gasteiger partial charge on any atom is -0.232 e. The first kappa shape index (κ1) is 9.46. The molecule has 0 atom stereocenters. The van der Waals surface area contributed by atoms with Crippen LogP contribution in [-0.4, -0.2) is 18.8 Å². The van der Waals surface area contributed by atoms with Gasteiger partial charge in [-0.3, -0.25) is 0 Å². The number of hydrogen-bond acceptors (Lipinski definition) is 2. The van der Waals surface area contributed by atoms with E-state index in [1.165, 1.54) is 0 Å². The summed E-state index contributed by atoms with van der Waals surface area (Å²) in [5, 5.41) is 0. The molecule has 0 aromatic heterocycles. The van der Waals surface area contributed by atoms with E-state index in [1.54, 1.807) is 0 Å². The predicted octanol–water partition coefficient (Wildman–Crippen LogP) is 1.09. The van der Waals surface area contributed by atoms with E-state index < -0.39 is 15.3 Å². The quantitative estimate of drug-likeness (QED) is 0.540. The van der Waals surface area contributed by atoms with Crippen LogP contribution in [0.3, 0.4) is 0 Å². The van der Waals surface area contributed by atoms with Crippen molar-refractivity contribution in [3.05, 3.63) is 0 Å². The van der Waals surface area contributed by atoms with E-state index in [0.717, 1.165) is 0 Å². The molecule has 9 heavy (non-hydrogen) atoms. The van der Waals surface area contributed by atoms with Crippen LogP contribution in [0, 0.1) is 0 Å². The molecule has 6 heteroatoms. The fourth-order valence-electron chi connectivity index (χ4n) is 0.218. The third-order valence-corrected chi connectivity index (χ3v) is 1.54. The molecule has 0 saturated heterocycles. The second kappa shape index (κ2) is 3.58. The highest BCUT2D eigenvalue weighted by atomic mass is 35.5. The van der Waals surface area contributed by atoms with Crippen molar-refractivity contribution in [1.82, 2.24) is 0 Å². The highest BCUT2D eigenvalue weighted by molar-refractivity contribution is 7.72. The van der Waals surface area contributed by atoms with Crippen LogP contribution in [0.15, 0.2) is 0 Å². The van der Waals surface area contributed by atoms with Gasteiger partial charge >= 0.3 is 0 Å². The summed E-state index contributed by atoms with van der Waals surface area (Å²) in [6.07, 6.45) is -0.380. The van der Waals surface area contributed by atoms with E-state index in [0.29, 0.717) is 0 Å². The first-order valence-electron chi connectivity index (χ1n) is 2.10. The average Bonchev–Trinajstić information content (AvgIpc) is 1.59. The molecule has 0 rings (SSSR count). The molecular formula is C3H5Cl2FO2S. The maximum Gasteiger partial charge on any atom is 0.258 e. The zero-order valence-electron chi connectivity index (χ0n) is 4.31. The largest absolute Gasteiger partial charge is 0.258 e. The Balaban J connectivity index is 3.52. The molecule has 0 aliphatic carbocycles. The van der Waals surface area contributed by atoms with Gasteiger partial charge in [-0.15, -0.1) is 0 Å². The molecule has 0 spiro atoms. The molecule has 0 saturated carbocycles. The monoisotopic (exact) mass is 194 g/mol. The third-order valence-electron chi connectivity index (χ3n) is 0.578. The summed E-state index contributed by atoms with van der Waals surface area (Å²) in [7, 11) is -2.57. The third kappa shape index (κ3) is 8.46. The summed E-state index contributed by atoms with van der Waals surface area (Å²) in [6.45, 7) is 0. The fraction of sp³-hybridized carbons (Fsp3) is 1.00. The Bertz CT molecular complexity index is 142. The Morgan fingerprint density at radius 2 is 1.89 bits per heavy atom. The Labute approximate surface area is 63.9 Å². The molecule has 0 aliphatic heterocycles. The van der Waals surface area contributed by atoms with E-state index in [4.69, 9.17) is 23.2 Å². The van der Waals surface area contributed by atoms with Crippen molar-refractivity contribution in [2.75, 3.05) is 5.75 Å². The van der Waals surface area contributed by atoms with Crippen LogP contribution in [0.1, 0.15) is 6.42 Å².